The summed E-state index contributed by atoms with van der Waals surface area (Å²) in [5, 5.41) is 8.55. The lowest BCUT2D eigenvalue weighted by Gasteiger charge is -2.26. The first-order valence-electron chi connectivity index (χ1n) is 5.83. The summed E-state index contributed by atoms with van der Waals surface area (Å²) in [6.45, 7) is 1.89. The van der Waals surface area contributed by atoms with Gasteiger partial charge in [-0.15, -0.1) is 0 Å². The molecule has 0 unspecified atom stereocenters. The fourth-order valence-electron chi connectivity index (χ4n) is 1.86. The highest BCUT2D eigenvalue weighted by molar-refractivity contribution is 5.75. The molecule has 1 N–H and O–H groups in total. The summed E-state index contributed by atoms with van der Waals surface area (Å²) < 4.78 is 0. The lowest BCUT2D eigenvalue weighted by Crippen LogP contribution is -2.42. The van der Waals surface area contributed by atoms with Gasteiger partial charge in [0, 0.05) is 26.7 Å². The maximum absolute atomic E-state index is 11.9. The molecule has 92 valence electrons. The minimum atomic E-state index is -0.865. The van der Waals surface area contributed by atoms with Crippen LogP contribution in [-0.4, -0.2) is 53.6 Å². The van der Waals surface area contributed by atoms with Crippen molar-refractivity contribution in [2.24, 2.45) is 0 Å². The molecule has 5 heteroatoms. The van der Waals surface area contributed by atoms with Gasteiger partial charge in [0.15, 0.2) is 0 Å². The molecule has 1 heterocycles. The van der Waals surface area contributed by atoms with Crippen molar-refractivity contribution >= 4 is 12.0 Å². The molecule has 1 fully saturated rings. The molecule has 0 saturated carbocycles. The summed E-state index contributed by atoms with van der Waals surface area (Å²) in [7, 11) is 1.66. The van der Waals surface area contributed by atoms with E-state index in [1.54, 1.807) is 7.05 Å². The Labute approximate surface area is 96.0 Å². The van der Waals surface area contributed by atoms with Crippen LogP contribution in [0.4, 0.5) is 4.79 Å². The SMILES string of the molecule is CN(CCC(=O)O)C(=O)N1CCCCCC1. The molecule has 2 amide bonds. The van der Waals surface area contributed by atoms with Crippen LogP contribution in [0.1, 0.15) is 32.1 Å². The number of carboxylic acids is 1. The topological polar surface area (TPSA) is 60.9 Å². The van der Waals surface area contributed by atoms with Gasteiger partial charge in [0.25, 0.3) is 0 Å². The fourth-order valence-corrected chi connectivity index (χ4v) is 1.86. The average Bonchev–Trinajstić information content (AvgIpc) is 2.53. The highest BCUT2D eigenvalue weighted by Gasteiger charge is 2.19. The number of urea groups is 1. The average molecular weight is 228 g/mol. The Hall–Kier alpha value is -1.26. The van der Waals surface area contributed by atoms with Crippen molar-refractivity contribution in [2.45, 2.75) is 32.1 Å². The number of hydrogen-bond acceptors (Lipinski definition) is 2. The monoisotopic (exact) mass is 228 g/mol. The zero-order chi connectivity index (χ0) is 12.0. The summed E-state index contributed by atoms with van der Waals surface area (Å²) in [6, 6.07) is -0.0387. The van der Waals surface area contributed by atoms with E-state index in [0.717, 1.165) is 25.9 Å². The molecule has 0 spiro atoms. The molecule has 0 bridgehead atoms. The predicted octanol–water partition coefficient (Wildman–Crippen LogP) is 1.39. The number of carboxylic acid groups (broad SMARTS) is 1. The number of nitrogens with zero attached hydrogens (tertiary/aromatic N) is 2. The normalized spacial score (nSPS) is 16.7. The lowest BCUT2D eigenvalue weighted by molar-refractivity contribution is -0.137. The molecule has 1 aliphatic heterocycles. The first-order chi connectivity index (χ1) is 7.61. The third-order valence-corrected chi connectivity index (χ3v) is 2.86. The van der Waals surface area contributed by atoms with Crippen molar-refractivity contribution in [3.05, 3.63) is 0 Å². The lowest BCUT2D eigenvalue weighted by atomic mass is 10.2. The van der Waals surface area contributed by atoms with Gasteiger partial charge in [0.1, 0.15) is 0 Å². The largest absolute Gasteiger partial charge is 0.481 e. The van der Waals surface area contributed by atoms with E-state index in [1.807, 2.05) is 4.90 Å². The predicted molar refractivity (Wildman–Crippen MR) is 60.3 cm³/mol. The van der Waals surface area contributed by atoms with Gasteiger partial charge >= 0.3 is 12.0 Å². The van der Waals surface area contributed by atoms with Crippen LogP contribution in [0, 0.1) is 0 Å². The van der Waals surface area contributed by atoms with E-state index in [1.165, 1.54) is 17.7 Å². The number of hydrogen-bond donors (Lipinski definition) is 1. The van der Waals surface area contributed by atoms with Crippen molar-refractivity contribution < 1.29 is 14.7 Å². The second-order valence-electron chi connectivity index (χ2n) is 4.25. The van der Waals surface area contributed by atoms with Crippen molar-refractivity contribution in [2.75, 3.05) is 26.7 Å². The highest BCUT2D eigenvalue weighted by atomic mass is 16.4. The molecule has 0 aromatic carbocycles. The molecule has 0 radical (unpaired) electrons. The number of rotatable bonds is 3. The highest BCUT2D eigenvalue weighted by Crippen LogP contribution is 2.11. The van der Waals surface area contributed by atoms with Crippen LogP contribution in [0.25, 0.3) is 0 Å². The minimum Gasteiger partial charge on any atom is -0.481 e. The van der Waals surface area contributed by atoms with Gasteiger partial charge in [-0.1, -0.05) is 12.8 Å². The number of amides is 2. The van der Waals surface area contributed by atoms with E-state index in [2.05, 4.69) is 0 Å². The Morgan fingerprint density at radius 1 is 1.19 bits per heavy atom. The molecule has 0 aromatic rings. The molecule has 0 aliphatic carbocycles. The Morgan fingerprint density at radius 2 is 1.75 bits per heavy atom. The molecule has 0 atom stereocenters. The molecular weight excluding hydrogens is 208 g/mol. The first-order valence-corrected chi connectivity index (χ1v) is 5.83. The van der Waals surface area contributed by atoms with Crippen molar-refractivity contribution in [3.63, 3.8) is 0 Å². The Kier molecular flexibility index (Phi) is 5.08. The second-order valence-corrected chi connectivity index (χ2v) is 4.25. The summed E-state index contributed by atoms with van der Waals surface area (Å²) in [4.78, 5) is 25.7. The molecule has 16 heavy (non-hydrogen) atoms. The Morgan fingerprint density at radius 3 is 2.25 bits per heavy atom. The third-order valence-electron chi connectivity index (χ3n) is 2.86. The smallest absolute Gasteiger partial charge is 0.319 e. The zero-order valence-corrected chi connectivity index (χ0v) is 9.81. The molecule has 1 rings (SSSR count). The van der Waals surface area contributed by atoms with E-state index in [9.17, 15) is 9.59 Å². The number of aliphatic carboxylic acids is 1. The maximum Gasteiger partial charge on any atom is 0.319 e. The van der Waals surface area contributed by atoms with Gasteiger partial charge in [0.2, 0.25) is 0 Å². The molecular formula is C11H20N2O3. The van der Waals surface area contributed by atoms with Crippen LogP contribution in [0.3, 0.4) is 0 Å². The molecule has 5 nitrogen and oxygen atoms in total. The van der Waals surface area contributed by atoms with Crippen LogP contribution in [0.5, 0.6) is 0 Å². The van der Waals surface area contributed by atoms with Gasteiger partial charge in [-0.2, -0.15) is 0 Å². The molecule has 1 aliphatic rings. The summed E-state index contributed by atoms with van der Waals surface area (Å²) in [5.41, 5.74) is 0. The van der Waals surface area contributed by atoms with Crippen LogP contribution in [0.15, 0.2) is 0 Å². The zero-order valence-electron chi connectivity index (χ0n) is 9.81. The fraction of sp³-hybridized carbons (Fsp3) is 0.818. The van der Waals surface area contributed by atoms with E-state index >= 15 is 0 Å². The van der Waals surface area contributed by atoms with E-state index < -0.39 is 5.97 Å². The molecule has 0 aromatic heterocycles. The van der Waals surface area contributed by atoms with E-state index in [0.29, 0.717) is 0 Å². The van der Waals surface area contributed by atoms with Gasteiger partial charge < -0.3 is 14.9 Å². The van der Waals surface area contributed by atoms with Gasteiger partial charge in [-0.05, 0) is 12.8 Å². The van der Waals surface area contributed by atoms with Crippen LogP contribution >= 0.6 is 0 Å². The van der Waals surface area contributed by atoms with Gasteiger partial charge in [-0.25, -0.2) is 4.79 Å². The summed E-state index contributed by atoms with van der Waals surface area (Å²) in [5.74, 6) is -0.865. The Bertz CT molecular complexity index is 248. The summed E-state index contributed by atoms with van der Waals surface area (Å²) >= 11 is 0. The van der Waals surface area contributed by atoms with Crippen LogP contribution < -0.4 is 0 Å². The minimum absolute atomic E-state index is 0.01000. The van der Waals surface area contributed by atoms with Gasteiger partial charge in [-0.3, -0.25) is 4.79 Å². The van der Waals surface area contributed by atoms with Crippen LogP contribution in [0.2, 0.25) is 0 Å². The quantitative estimate of drug-likeness (QED) is 0.794. The van der Waals surface area contributed by atoms with E-state index in [4.69, 9.17) is 5.11 Å². The number of likely N-dealkylation sites (tertiary alicyclic amines) is 1. The third kappa shape index (κ3) is 4.08. The van der Waals surface area contributed by atoms with Crippen LogP contribution in [-0.2, 0) is 4.79 Å². The second kappa shape index (κ2) is 6.35. The Balaban J connectivity index is 2.38. The number of carbonyl (C=O) groups is 2. The number of carbonyl (C=O) groups excluding carboxylic acids is 1. The maximum atomic E-state index is 11.9. The molecule has 1 saturated heterocycles. The van der Waals surface area contributed by atoms with E-state index in [-0.39, 0.29) is 19.0 Å². The van der Waals surface area contributed by atoms with Crippen molar-refractivity contribution in [1.82, 2.24) is 9.80 Å². The summed E-state index contributed by atoms with van der Waals surface area (Å²) in [6.07, 6.45) is 4.48. The first kappa shape index (κ1) is 12.8. The van der Waals surface area contributed by atoms with Gasteiger partial charge in [0.05, 0.1) is 6.42 Å². The standard InChI is InChI=1S/C11H20N2O3/c1-12(9-6-10(14)15)11(16)13-7-4-2-3-5-8-13/h2-9H2,1H3,(H,14,15). The van der Waals surface area contributed by atoms with Crippen molar-refractivity contribution in [1.29, 1.82) is 0 Å². The van der Waals surface area contributed by atoms with Crippen molar-refractivity contribution in [3.8, 4) is 0 Å².